The van der Waals surface area contributed by atoms with Crippen LogP contribution >= 0.6 is 0 Å². The average Bonchev–Trinajstić information content (AvgIpc) is 2.66. The molecule has 0 saturated heterocycles. The largest absolute Gasteiger partial charge is 0.383 e. The molecule has 0 bridgehead atoms. The number of hydrogen-bond donors (Lipinski definition) is 1. The van der Waals surface area contributed by atoms with E-state index in [9.17, 15) is 13.2 Å². The highest BCUT2D eigenvalue weighted by Gasteiger charge is 2.16. The van der Waals surface area contributed by atoms with Crippen LogP contribution in [0.5, 0.6) is 0 Å². The number of fused-ring (bicyclic) bond motifs is 1. The fourth-order valence-corrected chi connectivity index (χ4v) is 2.80. The zero-order valence-corrected chi connectivity index (χ0v) is 13.2. The third-order valence-electron chi connectivity index (χ3n) is 4.04. The van der Waals surface area contributed by atoms with Gasteiger partial charge >= 0.3 is 0 Å². The number of halogens is 3. The molecular formula is C19H11F3N4. The zero-order chi connectivity index (χ0) is 18.3. The van der Waals surface area contributed by atoms with E-state index in [-0.39, 0.29) is 5.56 Å². The number of rotatable bonds is 2. The molecule has 4 rings (SSSR count). The molecular weight excluding hydrogens is 341 g/mol. The molecule has 0 spiro atoms. The van der Waals surface area contributed by atoms with Gasteiger partial charge in [-0.25, -0.2) is 23.1 Å². The van der Waals surface area contributed by atoms with Gasteiger partial charge in [0.1, 0.15) is 12.1 Å². The van der Waals surface area contributed by atoms with Crippen molar-refractivity contribution < 1.29 is 13.2 Å². The first-order chi connectivity index (χ1) is 12.5. The molecule has 0 aliphatic rings. The van der Waals surface area contributed by atoms with Crippen LogP contribution in [-0.2, 0) is 0 Å². The summed E-state index contributed by atoms with van der Waals surface area (Å²) in [6.07, 6.45) is 2.87. The fourth-order valence-electron chi connectivity index (χ4n) is 2.80. The minimum absolute atomic E-state index is 0.134. The SMILES string of the molecule is Nc1ncnc2ccc(-c3cccnc3-c3cc(F)c(F)c(F)c3)cc12. The molecule has 0 aliphatic carbocycles. The van der Waals surface area contributed by atoms with Crippen LogP contribution in [0.2, 0.25) is 0 Å². The van der Waals surface area contributed by atoms with E-state index >= 15 is 0 Å². The van der Waals surface area contributed by atoms with Crippen molar-refractivity contribution in [2.45, 2.75) is 0 Å². The molecule has 2 heterocycles. The highest BCUT2D eigenvalue weighted by atomic mass is 19.2. The van der Waals surface area contributed by atoms with E-state index in [1.165, 1.54) is 12.5 Å². The van der Waals surface area contributed by atoms with E-state index in [2.05, 4.69) is 15.0 Å². The van der Waals surface area contributed by atoms with Gasteiger partial charge in [-0.05, 0) is 35.9 Å². The van der Waals surface area contributed by atoms with Crippen LogP contribution in [0, 0.1) is 17.5 Å². The Bertz CT molecular complexity index is 1120. The molecule has 2 aromatic carbocycles. The predicted octanol–water partition coefficient (Wildman–Crippen LogP) is 4.36. The molecule has 128 valence electrons. The molecule has 0 aliphatic heterocycles. The maximum atomic E-state index is 13.6. The van der Waals surface area contributed by atoms with Crippen molar-refractivity contribution in [3.8, 4) is 22.4 Å². The number of pyridine rings is 1. The lowest BCUT2D eigenvalue weighted by molar-refractivity contribution is 0.447. The van der Waals surface area contributed by atoms with Gasteiger partial charge < -0.3 is 5.73 Å². The van der Waals surface area contributed by atoms with Gasteiger partial charge in [0.15, 0.2) is 17.5 Å². The van der Waals surface area contributed by atoms with Crippen molar-refractivity contribution in [1.29, 1.82) is 0 Å². The Hall–Kier alpha value is -3.48. The monoisotopic (exact) mass is 352 g/mol. The lowest BCUT2D eigenvalue weighted by Gasteiger charge is -2.11. The second kappa shape index (κ2) is 6.11. The molecule has 0 saturated carbocycles. The van der Waals surface area contributed by atoms with Gasteiger partial charge in [0.05, 0.1) is 11.2 Å². The standard InChI is InChI=1S/C19H11F3N4/c20-14-7-11(8-15(21)17(14)22)18-12(2-1-5-24-18)10-3-4-16-13(6-10)19(23)26-9-25-16/h1-9H,(H2,23,25,26). The normalized spacial score (nSPS) is 11.0. The number of aromatic nitrogens is 3. The highest BCUT2D eigenvalue weighted by Crippen LogP contribution is 2.33. The summed E-state index contributed by atoms with van der Waals surface area (Å²) >= 11 is 0. The molecule has 0 radical (unpaired) electrons. The van der Waals surface area contributed by atoms with Gasteiger partial charge in [-0.1, -0.05) is 12.1 Å². The number of nitrogen functional groups attached to an aromatic ring is 1. The van der Waals surface area contributed by atoms with E-state index in [0.29, 0.717) is 33.5 Å². The van der Waals surface area contributed by atoms with E-state index in [0.717, 1.165) is 12.1 Å². The Kier molecular flexibility index (Phi) is 3.76. The Morgan fingerprint density at radius 2 is 1.58 bits per heavy atom. The van der Waals surface area contributed by atoms with Gasteiger partial charge in [0.25, 0.3) is 0 Å². The number of benzene rings is 2. The summed E-state index contributed by atoms with van der Waals surface area (Å²) < 4.78 is 40.6. The summed E-state index contributed by atoms with van der Waals surface area (Å²) in [4.78, 5) is 12.3. The molecule has 0 amide bonds. The zero-order valence-electron chi connectivity index (χ0n) is 13.2. The van der Waals surface area contributed by atoms with Crippen molar-refractivity contribution >= 4 is 16.7 Å². The quantitative estimate of drug-likeness (QED) is 0.545. The van der Waals surface area contributed by atoms with Crippen molar-refractivity contribution in [2.75, 3.05) is 5.73 Å². The Balaban J connectivity index is 1.93. The molecule has 2 N–H and O–H groups in total. The van der Waals surface area contributed by atoms with Gasteiger partial charge in [-0.3, -0.25) is 4.98 Å². The van der Waals surface area contributed by atoms with Crippen LogP contribution in [0.25, 0.3) is 33.3 Å². The molecule has 7 heteroatoms. The van der Waals surface area contributed by atoms with Crippen LogP contribution in [0.1, 0.15) is 0 Å². The fraction of sp³-hybridized carbons (Fsp3) is 0. The third kappa shape index (κ3) is 2.63. The third-order valence-corrected chi connectivity index (χ3v) is 4.04. The first kappa shape index (κ1) is 16.0. The molecule has 0 atom stereocenters. The first-order valence-electron chi connectivity index (χ1n) is 7.65. The van der Waals surface area contributed by atoms with E-state index < -0.39 is 17.5 Å². The Labute approximate surface area is 146 Å². The second-order valence-electron chi connectivity index (χ2n) is 5.64. The second-order valence-corrected chi connectivity index (χ2v) is 5.64. The minimum atomic E-state index is -1.51. The van der Waals surface area contributed by atoms with Crippen LogP contribution < -0.4 is 5.73 Å². The summed E-state index contributed by atoms with van der Waals surface area (Å²) in [6.45, 7) is 0. The summed E-state index contributed by atoms with van der Waals surface area (Å²) in [7, 11) is 0. The van der Waals surface area contributed by atoms with Gasteiger partial charge in [0, 0.05) is 22.7 Å². The molecule has 0 unspecified atom stereocenters. The van der Waals surface area contributed by atoms with Gasteiger partial charge in [-0.15, -0.1) is 0 Å². The van der Waals surface area contributed by atoms with E-state index in [1.54, 1.807) is 30.3 Å². The van der Waals surface area contributed by atoms with Crippen molar-refractivity contribution in [3.63, 3.8) is 0 Å². The molecule has 2 aromatic heterocycles. The van der Waals surface area contributed by atoms with E-state index in [1.807, 2.05) is 0 Å². The van der Waals surface area contributed by atoms with Crippen LogP contribution in [0.4, 0.5) is 19.0 Å². The number of nitrogens with two attached hydrogens (primary N) is 1. The van der Waals surface area contributed by atoms with Crippen molar-refractivity contribution in [1.82, 2.24) is 15.0 Å². The topological polar surface area (TPSA) is 64.7 Å². The molecule has 26 heavy (non-hydrogen) atoms. The summed E-state index contributed by atoms with van der Waals surface area (Å²) in [6, 6.07) is 10.6. The minimum Gasteiger partial charge on any atom is -0.383 e. The Morgan fingerprint density at radius 3 is 2.35 bits per heavy atom. The van der Waals surface area contributed by atoms with Crippen LogP contribution in [0.15, 0.2) is 55.0 Å². The van der Waals surface area contributed by atoms with E-state index in [4.69, 9.17) is 5.73 Å². The summed E-state index contributed by atoms with van der Waals surface area (Å²) in [5, 5.41) is 0.649. The maximum Gasteiger partial charge on any atom is 0.194 e. The molecule has 4 nitrogen and oxygen atoms in total. The van der Waals surface area contributed by atoms with Gasteiger partial charge in [0.2, 0.25) is 0 Å². The predicted molar refractivity (Wildman–Crippen MR) is 92.5 cm³/mol. The Morgan fingerprint density at radius 1 is 0.808 bits per heavy atom. The molecule has 0 fully saturated rings. The maximum absolute atomic E-state index is 13.6. The highest BCUT2D eigenvalue weighted by molar-refractivity contribution is 5.93. The number of hydrogen-bond acceptors (Lipinski definition) is 4. The lowest BCUT2D eigenvalue weighted by Crippen LogP contribution is -1.96. The smallest absolute Gasteiger partial charge is 0.194 e. The lowest BCUT2D eigenvalue weighted by atomic mass is 9.98. The summed E-state index contributed by atoms with van der Waals surface area (Å²) in [5.74, 6) is -3.73. The van der Waals surface area contributed by atoms with Crippen molar-refractivity contribution in [3.05, 3.63) is 72.4 Å². The van der Waals surface area contributed by atoms with Crippen LogP contribution in [0.3, 0.4) is 0 Å². The van der Waals surface area contributed by atoms with Crippen molar-refractivity contribution in [2.24, 2.45) is 0 Å². The molecule has 4 aromatic rings. The average molecular weight is 352 g/mol. The number of anilines is 1. The first-order valence-corrected chi connectivity index (χ1v) is 7.65. The van der Waals surface area contributed by atoms with Gasteiger partial charge in [-0.2, -0.15) is 0 Å². The summed E-state index contributed by atoms with van der Waals surface area (Å²) in [5.41, 5.74) is 8.36. The number of nitrogens with zero attached hydrogens (tertiary/aromatic N) is 3. The van der Waals surface area contributed by atoms with Crippen LogP contribution in [-0.4, -0.2) is 15.0 Å².